The third kappa shape index (κ3) is 1.41. The summed E-state index contributed by atoms with van der Waals surface area (Å²) in [6, 6.07) is 5.68. The van der Waals surface area contributed by atoms with Crippen molar-refractivity contribution >= 4 is 22.6 Å². The van der Waals surface area contributed by atoms with Gasteiger partial charge in [-0.15, -0.1) is 0 Å². The molecule has 1 aromatic carbocycles. The van der Waals surface area contributed by atoms with E-state index in [1.54, 1.807) is 0 Å². The summed E-state index contributed by atoms with van der Waals surface area (Å²) >= 11 is 6.01. The Morgan fingerprint density at radius 2 is 2.14 bits per heavy atom. The molecule has 0 amide bonds. The standard InChI is InChI=1S/C11H12ClNO/c1-6-3-4-9(12)11-8(6)5-10(14-11)7(2)13/h3-5,7H,13H2,1-2H3. The predicted molar refractivity (Wildman–Crippen MR) is 58.6 cm³/mol. The zero-order valence-electron chi connectivity index (χ0n) is 8.17. The van der Waals surface area contributed by atoms with Gasteiger partial charge in [-0.2, -0.15) is 0 Å². The summed E-state index contributed by atoms with van der Waals surface area (Å²) in [6.45, 7) is 3.92. The zero-order valence-corrected chi connectivity index (χ0v) is 8.93. The zero-order chi connectivity index (χ0) is 10.3. The molecule has 0 saturated carbocycles. The summed E-state index contributed by atoms with van der Waals surface area (Å²) in [5.41, 5.74) is 7.63. The first kappa shape index (κ1) is 9.56. The summed E-state index contributed by atoms with van der Waals surface area (Å²) in [4.78, 5) is 0. The average molecular weight is 210 g/mol. The van der Waals surface area contributed by atoms with Crippen LogP contribution in [0, 0.1) is 6.92 Å². The smallest absolute Gasteiger partial charge is 0.153 e. The van der Waals surface area contributed by atoms with Gasteiger partial charge in [0, 0.05) is 5.39 Å². The number of hydrogen-bond donors (Lipinski definition) is 1. The van der Waals surface area contributed by atoms with Crippen LogP contribution in [-0.2, 0) is 0 Å². The molecule has 1 atom stereocenters. The van der Waals surface area contributed by atoms with Crippen molar-refractivity contribution in [2.24, 2.45) is 5.73 Å². The molecule has 0 spiro atoms. The van der Waals surface area contributed by atoms with Crippen molar-refractivity contribution in [3.63, 3.8) is 0 Å². The summed E-state index contributed by atoms with van der Waals surface area (Å²) < 4.78 is 5.58. The van der Waals surface area contributed by atoms with Gasteiger partial charge in [0.1, 0.15) is 5.76 Å². The number of hydrogen-bond acceptors (Lipinski definition) is 2. The maximum atomic E-state index is 6.01. The van der Waals surface area contributed by atoms with Gasteiger partial charge in [0.2, 0.25) is 0 Å². The molecule has 2 aromatic rings. The van der Waals surface area contributed by atoms with Gasteiger partial charge in [0.25, 0.3) is 0 Å². The Morgan fingerprint density at radius 1 is 1.43 bits per heavy atom. The molecular weight excluding hydrogens is 198 g/mol. The number of halogens is 1. The van der Waals surface area contributed by atoms with E-state index >= 15 is 0 Å². The molecule has 2 N–H and O–H groups in total. The van der Waals surface area contributed by atoms with Crippen LogP contribution in [0.1, 0.15) is 24.3 Å². The van der Waals surface area contributed by atoms with Crippen LogP contribution >= 0.6 is 11.6 Å². The Kier molecular flexibility index (Phi) is 2.25. The lowest BCUT2D eigenvalue weighted by Crippen LogP contribution is -2.02. The van der Waals surface area contributed by atoms with Gasteiger partial charge >= 0.3 is 0 Å². The topological polar surface area (TPSA) is 39.2 Å². The van der Waals surface area contributed by atoms with Crippen molar-refractivity contribution in [1.82, 2.24) is 0 Å². The molecule has 1 unspecified atom stereocenters. The van der Waals surface area contributed by atoms with E-state index in [-0.39, 0.29) is 6.04 Å². The molecule has 3 heteroatoms. The van der Waals surface area contributed by atoms with Crippen molar-refractivity contribution in [1.29, 1.82) is 0 Å². The SMILES string of the molecule is Cc1ccc(Cl)c2oc(C(C)N)cc12. The van der Waals surface area contributed by atoms with E-state index in [0.29, 0.717) is 5.02 Å². The highest BCUT2D eigenvalue weighted by molar-refractivity contribution is 6.34. The fourth-order valence-corrected chi connectivity index (χ4v) is 1.67. The summed E-state index contributed by atoms with van der Waals surface area (Å²) in [5.74, 6) is 0.774. The average Bonchev–Trinajstić information content (AvgIpc) is 2.57. The largest absolute Gasteiger partial charge is 0.458 e. The van der Waals surface area contributed by atoms with Gasteiger partial charge in [-0.1, -0.05) is 17.7 Å². The first-order chi connectivity index (χ1) is 6.59. The van der Waals surface area contributed by atoms with Gasteiger partial charge in [-0.25, -0.2) is 0 Å². The van der Waals surface area contributed by atoms with Crippen molar-refractivity contribution in [3.8, 4) is 0 Å². The fourth-order valence-electron chi connectivity index (χ4n) is 1.47. The van der Waals surface area contributed by atoms with Crippen molar-refractivity contribution in [2.45, 2.75) is 19.9 Å². The second-order valence-corrected chi connectivity index (χ2v) is 3.95. The molecule has 14 heavy (non-hydrogen) atoms. The Morgan fingerprint density at radius 3 is 2.71 bits per heavy atom. The Bertz CT molecular complexity index is 434. The minimum Gasteiger partial charge on any atom is -0.458 e. The van der Waals surface area contributed by atoms with Crippen molar-refractivity contribution < 1.29 is 4.42 Å². The molecule has 0 radical (unpaired) electrons. The molecule has 0 fully saturated rings. The van der Waals surface area contributed by atoms with Crippen LogP contribution < -0.4 is 5.73 Å². The van der Waals surface area contributed by atoms with Crippen molar-refractivity contribution in [2.75, 3.05) is 0 Å². The number of furan rings is 1. The number of fused-ring (bicyclic) bond motifs is 1. The highest BCUT2D eigenvalue weighted by Gasteiger charge is 2.11. The molecule has 0 aliphatic carbocycles. The molecule has 1 aromatic heterocycles. The minimum atomic E-state index is -0.0992. The van der Waals surface area contributed by atoms with Gasteiger partial charge in [-0.05, 0) is 31.5 Å². The van der Waals surface area contributed by atoms with Crippen LogP contribution in [0.2, 0.25) is 5.02 Å². The van der Waals surface area contributed by atoms with E-state index < -0.39 is 0 Å². The second kappa shape index (κ2) is 3.30. The highest BCUT2D eigenvalue weighted by atomic mass is 35.5. The van der Waals surface area contributed by atoms with E-state index in [1.807, 2.05) is 32.0 Å². The highest BCUT2D eigenvalue weighted by Crippen LogP contribution is 2.30. The van der Waals surface area contributed by atoms with E-state index in [4.69, 9.17) is 21.8 Å². The minimum absolute atomic E-state index is 0.0992. The van der Waals surface area contributed by atoms with Crippen LogP contribution in [0.25, 0.3) is 11.0 Å². The summed E-state index contributed by atoms with van der Waals surface area (Å²) in [6.07, 6.45) is 0. The number of nitrogens with two attached hydrogens (primary N) is 1. The Balaban J connectivity index is 2.75. The lowest BCUT2D eigenvalue weighted by Gasteiger charge is -1.97. The maximum absolute atomic E-state index is 6.01. The van der Waals surface area contributed by atoms with Gasteiger partial charge in [0.15, 0.2) is 5.58 Å². The molecule has 0 bridgehead atoms. The van der Waals surface area contributed by atoms with Crippen LogP contribution in [0.3, 0.4) is 0 Å². The molecular formula is C11H12ClNO. The number of aryl methyl sites for hydroxylation is 1. The van der Waals surface area contributed by atoms with E-state index in [1.165, 1.54) is 0 Å². The van der Waals surface area contributed by atoms with E-state index in [9.17, 15) is 0 Å². The van der Waals surface area contributed by atoms with Gasteiger partial charge < -0.3 is 10.2 Å². The van der Waals surface area contributed by atoms with Gasteiger partial charge in [-0.3, -0.25) is 0 Å². The van der Waals surface area contributed by atoms with Crippen LogP contribution in [0.15, 0.2) is 22.6 Å². The third-order valence-corrected chi connectivity index (χ3v) is 2.62. The summed E-state index contributed by atoms with van der Waals surface area (Å²) in [5, 5.41) is 1.68. The Hall–Kier alpha value is -0.990. The molecule has 2 rings (SSSR count). The maximum Gasteiger partial charge on any atom is 0.153 e. The quantitative estimate of drug-likeness (QED) is 0.782. The van der Waals surface area contributed by atoms with E-state index in [0.717, 1.165) is 22.3 Å². The van der Waals surface area contributed by atoms with Crippen LogP contribution in [0.4, 0.5) is 0 Å². The monoisotopic (exact) mass is 209 g/mol. The van der Waals surface area contributed by atoms with E-state index in [2.05, 4.69) is 0 Å². The van der Waals surface area contributed by atoms with Crippen LogP contribution in [0.5, 0.6) is 0 Å². The molecule has 0 aliphatic heterocycles. The summed E-state index contributed by atoms with van der Waals surface area (Å²) in [7, 11) is 0. The fraction of sp³-hybridized carbons (Fsp3) is 0.273. The number of rotatable bonds is 1. The predicted octanol–water partition coefficient (Wildman–Crippen LogP) is 3.41. The third-order valence-electron chi connectivity index (χ3n) is 2.32. The lowest BCUT2D eigenvalue weighted by atomic mass is 10.1. The van der Waals surface area contributed by atoms with Gasteiger partial charge in [0.05, 0.1) is 11.1 Å². The molecule has 1 heterocycles. The first-order valence-corrected chi connectivity index (χ1v) is 4.91. The van der Waals surface area contributed by atoms with Crippen LogP contribution in [-0.4, -0.2) is 0 Å². The molecule has 2 nitrogen and oxygen atoms in total. The normalized spacial score (nSPS) is 13.4. The molecule has 0 saturated heterocycles. The number of benzene rings is 1. The lowest BCUT2D eigenvalue weighted by molar-refractivity contribution is 0.513. The Labute approximate surface area is 87.6 Å². The second-order valence-electron chi connectivity index (χ2n) is 3.54. The molecule has 0 aliphatic rings. The molecule has 74 valence electrons. The first-order valence-electron chi connectivity index (χ1n) is 4.53. The van der Waals surface area contributed by atoms with Crippen molar-refractivity contribution in [3.05, 3.63) is 34.5 Å².